The number of aliphatic imine (C=N–C) groups is 1. The minimum absolute atomic E-state index is 0. The number of aliphatic hydroxyl groups excluding tert-OH is 3. The molecule has 32 nitrogen and oxygen atoms in total. The first-order valence-electron chi connectivity index (χ1n) is 48.5. The number of aryl methyl sites for hydroxylation is 3. The van der Waals surface area contributed by atoms with E-state index in [-0.39, 0.29) is 198 Å². The van der Waals surface area contributed by atoms with E-state index in [1.807, 2.05) is 83.8 Å². The first-order chi connectivity index (χ1) is 63.2. The number of aliphatic hydroxyl groups is 3. The van der Waals surface area contributed by atoms with E-state index in [0.29, 0.717) is 60.1 Å². The van der Waals surface area contributed by atoms with Crippen LogP contribution in [0.3, 0.4) is 0 Å². The molecule has 7 fully saturated rings. The van der Waals surface area contributed by atoms with Gasteiger partial charge in [-0.1, -0.05) is 149 Å². The average Bonchev–Trinajstić information content (AvgIpc) is 1.61. The van der Waals surface area contributed by atoms with Gasteiger partial charge < -0.3 is 73.2 Å². The van der Waals surface area contributed by atoms with Gasteiger partial charge in [0.2, 0.25) is 0 Å². The van der Waals surface area contributed by atoms with Gasteiger partial charge >= 0.3 is 89.4 Å². The van der Waals surface area contributed by atoms with Gasteiger partial charge in [0, 0.05) is 77.2 Å². The van der Waals surface area contributed by atoms with Gasteiger partial charge in [0.15, 0.2) is 5.65 Å². The summed E-state index contributed by atoms with van der Waals surface area (Å²) < 4.78 is 45.8. The molecule has 11 rings (SSSR count). The van der Waals surface area contributed by atoms with Crippen molar-refractivity contribution in [3.8, 4) is 6.07 Å². The smallest absolute Gasteiger partial charge is 1.00 e. The SMILES string of the molecule is C.C.C.CC(=O)CC#N.CC(C)(C)OC(=O)CN.CC(C)(C)OC(=O)CN=C1CCCCC1.CC(C)(C)OC(=O)CNC1CCCCC1.CCO.CCO.CCO.CCOC(=O)C(=CCc1cc(C)nn1C1CCCCC1)C(=O)OCC.CCOC(=O)c1cnc2c(c(C)nn2C2CCCCC2)c1Cl.Cc1cc(N)n(C2CCCCC2)n1.Cl.Cl.NCC1CCCCC1.O=C1CCCCC1.O=P(Cl)(Cl)Cl.[B].[H-].[Li+].[Na+].[OH-]. The van der Waals surface area contributed by atoms with Gasteiger partial charge in [-0.25, -0.2) is 28.7 Å². The third-order valence-corrected chi connectivity index (χ3v) is 21.0. The minimum Gasteiger partial charge on any atom is -1.00 e. The number of nitrogens with two attached hydrogens (primary N) is 3. The molecule has 0 spiro atoms. The van der Waals surface area contributed by atoms with E-state index in [4.69, 9.17) is 77.8 Å². The zero-order valence-corrected chi connectivity index (χ0v) is 96.0. The number of fused-ring (bicyclic) bond motifs is 1. The predicted molar refractivity (Wildman–Crippen MR) is 581 cm³/mol. The van der Waals surface area contributed by atoms with Crippen LogP contribution in [0, 0.1) is 38.0 Å². The van der Waals surface area contributed by atoms with Crippen LogP contribution in [0.4, 0.5) is 5.82 Å². The van der Waals surface area contributed by atoms with Gasteiger partial charge in [-0.2, -0.15) is 20.6 Å². The number of anilines is 1. The summed E-state index contributed by atoms with van der Waals surface area (Å²) >= 11 is 20.3. The maximum atomic E-state index is 12.1. The number of hydrogen-bond donors (Lipinski definition) is 7. The summed E-state index contributed by atoms with van der Waals surface area (Å²) in [4.78, 5) is 98.4. The van der Waals surface area contributed by atoms with Crippen LogP contribution < -0.4 is 70.9 Å². The Balaban J connectivity index is -0.000000136. The van der Waals surface area contributed by atoms with Crippen LogP contribution in [-0.2, 0) is 73.0 Å². The summed E-state index contributed by atoms with van der Waals surface area (Å²) in [6.07, 6.45) is 46.5. The number of aromatic nitrogens is 7. The standard InChI is InChI=1S/C19H28N2O4.C16H20ClN3O2.C12H23NO2.C12H21NO2.C10H17N3.C7H15N.C6H13NO2.C6H10O.C4H5NO.3C2H6O.3CH4.B.Cl3OP.2ClH.Li.Na.H2O.H/c1-4-24-18(22)17(19(23)25-5-2)12-11-16-13-14(3)20-21(16)15-9-7-6-8-10-15;1-3-22-16(21)12-9-18-15-13(14(12)17)10(2)19-20(15)11-7-5-4-6-8-11;2*1-12(2,3)15-11(14)9-13-10-7-5-4-6-8-10;1-8-7-10(11)13(12-8)9-5-3-2-4-6-9;8-6-7-4-2-1-3-5-7;1-6(2,3)9-5(8)4-7;7-6-4-2-1-3-5-6;1-4(6)2-3-5;3*1-2-3;;;;;1-5(2,3)4;;;;;;/h12-13,15H,4-11H2,1-3H3;9,11H,3-8H2,1-2H3;10,13H,4-9H2,1-3H3;4-9H2,1-3H3;7,9H,2-6,11H2,1H3;7H,1-6,8H2;4,7H2,1-3H3;1-5H2;2H2,1H3;3*3H,2H2,1H3;3*1H4;;;2*1H;;;1H2;/q;;;;;;;;;;;;;;;;;;;2*+1;;-1/p-1. The first kappa shape index (κ1) is 161. The largest absolute Gasteiger partial charge is 1.00 e. The molecule has 821 valence electrons. The molecule has 0 aliphatic heterocycles. The molecular formula is C101H186BCl6LiN13NaO19P. The monoisotopic (exact) mass is 2170 g/mol. The van der Waals surface area contributed by atoms with Gasteiger partial charge in [-0.3, -0.25) is 38.2 Å². The van der Waals surface area contributed by atoms with Crippen LogP contribution >= 0.6 is 75.3 Å². The predicted octanol–water partition coefficient (Wildman–Crippen LogP) is 17.6. The summed E-state index contributed by atoms with van der Waals surface area (Å²) in [5.41, 5.74) is 21.2. The number of nitrogens with zero attached hydrogens (tertiary/aromatic N) is 9. The maximum Gasteiger partial charge on any atom is 1.00 e. The van der Waals surface area contributed by atoms with Crippen molar-refractivity contribution < 1.29 is 142 Å². The van der Waals surface area contributed by atoms with Gasteiger partial charge in [0.25, 0.3) is 0 Å². The molecule has 4 heterocycles. The van der Waals surface area contributed by atoms with E-state index in [1.165, 1.54) is 179 Å². The molecule has 143 heavy (non-hydrogen) atoms. The van der Waals surface area contributed by atoms with Crippen molar-refractivity contribution in [2.75, 3.05) is 71.6 Å². The van der Waals surface area contributed by atoms with Crippen molar-refractivity contribution in [2.45, 2.75) is 432 Å². The quantitative estimate of drug-likeness (QED) is 0.00872. The van der Waals surface area contributed by atoms with Gasteiger partial charge in [-0.15, -0.1) is 24.8 Å². The molecule has 0 amide bonds. The van der Waals surface area contributed by atoms with Crippen LogP contribution in [0.2, 0.25) is 5.02 Å². The molecule has 0 saturated heterocycles. The number of Topliss-reactive ketones (excluding diaryl/α,β-unsaturated/α-hetero) is 2. The number of hydrogen-bond acceptors (Lipinski definition) is 29. The third-order valence-electron chi connectivity index (χ3n) is 20.6. The third kappa shape index (κ3) is 82.7. The van der Waals surface area contributed by atoms with Crippen molar-refractivity contribution >= 4 is 154 Å². The Morgan fingerprint density at radius 1 is 0.580 bits per heavy atom. The Bertz CT molecular complexity index is 4080. The maximum absolute atomic E-state index is 12.1. The number of carbonyl (C=O) groups excluding carboxylic acids is 8. The first-order valence-corrected chi connectivity index (χ1v) is 53.3. The van der Waals surface area contributed by atoms with E-state index in [0.717, 1.165) is 116 Å². The number of nitriles is 1. The minimum atomic E-state index is -3.22. The Morgan fingerprint density at radius 3 is 1.29 bits per heavy atom. The topological polar surface area (TPSA) is 492 Å². The molecular weight excluding hydrogens is 1980 g/mol. The van der Waals surface area contributed by atoms with Crippen LogP contribution in [0.5, 0.6) is 0 Å². The fourth-order valence-corrected chi connectivity index (χ4v) is 15.3. The van der Waals surface area contributed by atoms with Crippen molar-refractivity contribution in [1.29, 1.82) is 5.26 Å². The van der Waals surface area contributed by atoms with Crippen LogP contribution in [-0.4, -0.2) is 205 Å². The van der Waals surface area contributed by atoms with Crippen LogP contribution in [0.1, 0.15) is 417 Å². The number of halogens is 6. The summed E-state index contributed by atoms with van der Waals surface area (Å²) in [5.74, 6) is -0.359. The number of carbonyl (C=O) groups is 8. The molecule has 4 aromatic rings. The van der Waals surface area contributed by atoms with E-state index in [9.17, 15) is 42.9 Å². The van der Waals surface area contributed by atoms with E-state index in [2.05, 4.69) is 69.0 Å². The number of ketones is 2. The molecule has 3 radical (unpaired) electrons. The second-order valence-electron chi connectivity index (χ2n) is 36.3. The van der Waals surface area contributed by atoms with Crippen LogP contribution in [0.15, 0.2) is 35.0 Å². The number of nitrogens with one attached hydrogen (secondary N) is 1. The number of esters is 6. The van der Waals surface area contributed by atoms with Gasteiger partial charge in [-0.05, 0) is 287 Å². The number of nitrogen functional groups attached to an aromatic ring is 1. The fourth-order valence-electron chi connectivity index (χ4n) is 15.0. The molecule has 7 saturated carbocycles. The molecule has 0 unspecified atom stereocenters. The average molecular weight is 2170 g/mol. The summed E-state index contributed by atoms with van der Waals surface area (Å²) in [7, 11) is 0. The van der Waals surface area contributed by atoms with Crippen molar-refractivity contribution in [3.63, 3.8) is 0 Å². The van der Waals surface area contributed by atoms with Crippen molar-refractivity contribution in [3.05, 3.63) is 63.3 Å². The normalized spacial score (nSPS) is 14.8. The molecule has 0 bridgehead atoms. The zero-order chi connectivity index (χ0) is 102. The van der Waals surface area contributed by atoms with Gasteiger partial charge in [0.05, 0.1) is 96.6 Å². The molecule has 4 aromatic heterocycles. The van der Waals surface area contributed by atoms with Crippen molar-refractivity contribution in [1.82, 2.24) is 39.6 Å². The molecule has 7 aliphatic rings. The van der Waals surface area contributed by atoms with Crippen LogP contribution in [0.25, 0.3) is 11.0 Å². The molecule has 42 heteroatoms. The second kappa shape index (κ2) is 94.4. The Hall–Kier alpha value is -4.75. The van der Waals surface area contributed by atoms with E-state index in [1.54, 1.807) is 74.5 Å². The fraction of sp³-hybridized carbons (Fsp3) is 0.762. The Labute approximate surface area is 929 Å². The second-order valence-corrected chi connectivity index (χ2v) is 43.3. The number of pyridine rings is 1. The van der Waals surface area contributed by atoms with Gasteiger partial charge in [0.1, 0.15) is 46.3 Å². The van der Waals surface area contributed by atoms with Crippen molar-refractivity contribution in [2.24, 2.45) is 22.4 Å². The molecule has 7 aliphatic carbocycles. The molecule has 11 N–H and O–H groups in total. The zero-order valence-electron chi connectivity index (χ0n) is 89.5. The number of allylic oxidation sites excluding steroid dienone is 1. The summed E-state index contributed by atoms with van der Waals surface area (Å²) in [5, 5.41) is 45.4. The number of ether oxygens (including phenoxy) is 6. The molecule has 0 atom stereocenters. The van der Waals surface area contributed by atoms with E-state index < -0.39 is 34.3 Å². The molecule has 0 aromatic carbocycles. The Kier molecular flexibility index (Phi) is 106. The van der Waals surface area contributed by atoms with E-state index >= 15 is 0 Å². The Morgan fingerprint density at radius 2 is 0.944 bits per heavy atom. The number of rotatable bonds is 19. The summed E-state index contributed by atoms with van der Waals surface area (Å²) in [6.45, 7) is 37.1. The summed E-state index contributed by atoms with van der Waals surface area (Å²) in [6, 6.07) is 7.54.